The van der Waals surface area contributed by atoms with Crippen molar-refractivity contribution in [3.8, 4) is 0 Å². The van der Waals surface area contributed by atoms with Crippen LogP contribution in [0.3, 0.4) is 0 Å². The van der Waals surface area contributed by atoms with E-state index in [-0.39, 0.29) is 17.7 Å². The van der Waals surface area contributed by atoms with E-state index in [2.05, 4.69) is 19.2 Å². The van der Waals surface area contributed by atoms with Crippen molar-refractivity contribution >= 4 is 6.03 Å². The summed E-state index contributed by atoms with van der Waals surface area (Å²) in [6.07, 6.45) is 3.31. The van der Waals surface area contributed by atoms with Crippen LogP contribution in [0, 0.1) is 5.92 Å². The van der Waals surface area contributed by atoms with E-state index >= 15 is 0 Å². The molecule has 1 aliphatic carbocycles. The van der Waals surface area contributed by atoms with Crippen LogP contribution in [0.1, 0.15) is 33.1 Å². The molecule has 5 nitrogen and oxygen atoms in total. The van der Waals surface area contributed by atoms with Crippen molar-refractivity contribution in [2.24, 2.45) is 5.92 Å². The highest BCUT2D eigenvalue weighted by Gasteiger charge is 2.36. The smallest absolute Gasteiger partial charge is 0.317 e. The molecule has 1 saturated carbocycles. The first kappa shape index (κ1) is 14.6. The summed E-state index contributed by atoms with van der Waals surface area (Å²) >= 11 is 0. The van der Waals surface area contributed by atoms with E-state index in [0.29, 0.717) is 32.2 Å². The van der Waals surface area contributed by atoms with Crippen LogP contribution in [0.4, 0.5) is 4.79 Å². The van der Waals surface area contributed by atoms with Gasteiger partial charge in [-0.2, -0.15) is 0 Å². The standard InChI is InChI=1S/C14H26N2O3/c1-4-14(2)10-16(7-8-19-14)13(17)15-12(9-18-3)11-5-6-11/h11-12H,4-10H2,1-3H3,(H,15,17). The molecule has 2 unspecified atom stereocenters. The Labute approximate surface area is 115 Å². The predicted molar refractivity (Wildman–Crippen MR) is 73.1 cm³/mol. The molecule has 0 bridgehead atoms. The first-order valence-corrected chi connectivity index (χ1v) is 7.26. The molecular weight excluding hydrogens is 244 g/mol. The molecule has 0 radical (unpaired) electrons. The Kier molecular flexibility index (Phi) is 4.68. The Hall–Kier alpha value is -0.810. The number of nitrogens with zero attached hydrogens (tertiary/aromatic N) is 1. The summed E-state index contributed by atoms with van der Waals surface area (Å²) in [4.78, 5) is 14.2. The second kappa shape index (κ2) is 6.09. The summed E-state index contributed by atoms with van der Waals surface area (Å²) in [5.41, 5.74) is -0.202. The molecule has 2 amide bonds. The third-order valence-corrected chi connectivity index (χ3v) is 4.22. The van der Waals surface area contributed by atoms with Gasteiger partial charge in [-0.3, -0.25) is 0 Å². The molecule has 1 N–H and O–H groups in total. The zero-order valence-electron chi connectivity index (χ0n) is 12.3. The van der Waals surface area contributed by atoms with Gasteiger partial charge in [-0.15, -0.1) is 0 Å². The molecule has 110 valence electrons. The number of rotatable bonds is 5. The summed E-state index contributed by atoms with van der Waals surface area (Å²) in [6, 6.07) is 0.185. The van der Waals surface area contributed by atoms with Crippen molar-refractivity contribution in [1.82, 2.24) is 10.2 Å². The van der Waals surface area contributed by atoms with Crippen molar-refractivity contribution in [2.45, 2.75) is 44.8 Å². The highest BCUT2D eigenvalue weighted by molar-refractivity contribution is 5.74. The number of urea groups is 1. The highest BCUT2D eigenvalue weighted by atomic mass is 16.5. The van der Waals surface area contributed by atoms with Crippen molar-refractivity contribution in [3.05, 3.63) is 0 Å². The monoisotopic (exact) mass is 270 g/mol. The number of hydrogen-bond acceptors (Lipinski definition) is 3. The number of morpholine rings is 1. The molecule has 1 saturated heterocycles. The van der Waals surface area contributed by atoms with E-state index in [4.69, 9.17) is 9.47 Å². The lowest BCUT2D eigenvalue weighted by atomic mass is 10.0. The fourth-order valence-electron chi connectivity index (χ4n) is 2.54. The average Bonchev–Trinajstić information content (AvgIpc) is 3.22. The largest absolute Gasteiger partial charge is 0.383 e. The van der Waals surface area contributed by atoms with Crippen molar-refractivity contribution in [2.75, 3.05) is 33.4 Å². The summed E-state index contributed by atoms with van der Waals surface area (Å²) in [5.74, 6) is 0.600. The van der Waals surface area contributed by atoms with E-state index in [1.54, 1.807) is 7.11 Å². The van der Waals surface area contributed by atoms with Gasteiger partial charge in [0.25, 0.3) is 0 Å². The van der Waals surface area contributed by atoms with Gasteiger partial charge >= 0.3 is 6.03 Å². The third-order valence-electron chi connectivity index (χ3n) is 4.22. The molecule has 0 aromatic heterocycles. The van der Waals surface area contributed by atoms with Crippen LogP contribution in [-0.2, 0) is 9.47 Å². The van der Waals surface area contributed by atoms with Gasteiger partial charge in [-0.25, -0.2) is 4.79 Å². The number of nitrogens with one attached hydrogen (secondary N) is 1. The molecule has 1 aliphatic heterocycles. The van der Waals surface area contributed by atoms with Gasteiger partial charge in [0, 0.05) is 13.7 Å². The van der Waals surface area contributed by atoms with Crippen LogP contribution in [0.2, 0.25) is 0 Å². The van der Waals surface area contributed by atoms with Crippen LogP contribution in [0.15, 0.2) is 0 Å². The van der Waals surface area contributed by atoms with E-state index in [0.717, 1.165) is 6.42 Å². The van der Waals surface area contributed by atoms with E-state index in [1.165, 1.54) is 12.8 Å². The van der Waals surface area contributed by atoms with Crippen LogP contribution in [0.5, 0.6) is 0 Å². The molecule has 1 heterocycles. The number of carbonyl (C=O) groups excluding carboxylic acids is 1. The van der Waals surface area contributed by atoms with Crippen molar-refractivity contribution in [3.63, 3.8) is 0 Å². The van der Waals surface area contributed by atoms with Crippen molar-refractivity contribution < 1.29 is 14.3 Å². The third kappa shape index (κ3) is 3.83. The lowest BCUT2D eigenvalue weighted by molar-refractivity contribution is -0.0876. The minimum absolute atomic E-state index is 0.0249. The van der Waals surface area contributed by atoms with Gasteiger partial charge in [0.05, 0.1) is 31.4 Å². The lowest BCUT2D eigenvalue weighted by Gasteiger charge is -2.40. The van der Waals surface area contributed by atoms with Crippen LogP contribution in [-0.4, -0.2) is 56.0 Å². The number of ether oxygens (including phenoxy) is 2. The van der Waals surface area contributed by atoms with Gasteiger partial charge in [-0.1, -0.05) is 6.92 Å². The normalized spacial score (nSPS) is 29.1. The maximum absolute atomic E-state index is 12.3. The number of hydrogen-bond donors (Lipinski definition) is 1. The highest BCUT2D eigenvalue weighted by Crippen LogP contribution is 2.33. The molecule has 0 aromatic rings. The molecular formula is C14H26N2O3. The molecule has 5 heteroatoms. The van der Waals surface area contributed by atoms with Crippen LogP contribution >= 0.6 is 0 Å². The minimum Gasteiger partial charge on any atom is -0.383 e. The Morgan fingerprint density at radius 3 is 2.89 bits per heavy atom. The molecule has 19 heavy (non-hydrogen) atoms. The Morgan fingerprint density at radius 2 is 2.32 bits per heavy atom. The maximum Gasteiger partial charge on any atom is 0.317 e. The molecule has 2 fully saturated rings. The second-order valence-corrected chi connectivity index (χ2v) is 5.92. The maximum atomic E-state index is 12.3. The SMILES string of the molecule is CCC1(C)CN(C(=O)NC(COC)C2CC2)CCO1. The first-order chi connectivity index (χ1) is 9.08. The second-order valence-electron chi connectivity index (χ2n) is 5.92. The topological polar surface area (TPSA) is 50.8 Å². The molecule has 2 atom stereocenters. The zero-order valence-corrected chi connectivity index (χ0v) is 12.3. The Balaban J connectivity index is 1.87. The van der Waals surface area contributed by atoms with Gasteiger partial charge in [0.1, 0.15) is 0 Å². The molecule has 0 aromatic carbocycles. The van der Waals surface area contributed by atoms with Gasteiger partial charge in [0.15, 0.2) is 0 Å². The number of carbonyl (C=O) groups is 1. The van der Waals surface area contributed by atoms with E-state index in [1.807, 2.05) is 4.90 Å². The Morgan fingerprint density at radius 1 is 1.58 bits per heavy atom. The average molecular weight is 270 g/mol. The van der Waals surface area contributed by atoms with E-state index in [9.17, 15) is 4.79 Å². The fourth-order valence-corrected chi connectivity index (χ4v) is 2.54. The summed E-state index contributed by atoms with van der Waals surface area (Å²) in [7, 11) is 1.68. The number of methoxy groups -OCH3 is 1. The molecule has 0 spiro atoms. The van der Waals surface area contributed by atoms with Gasteiger partial charge in [0.2, 0.25) is 0 Å². The molecule has 2 rings (SSSR count). The van der Waals surface area contributed by atoms with Gasteiger partial charge < -0.3 is 19.7 Å². The van der Waals surface area contributed by atoms with Crippen LogP contribution in [0.25, 0.3) is 0 Å². The van der Waals surface area contributed by atoms with Crippen molar-refractivity contribution in [1.29, 1.82) is 0 Å². The first-order valence-electron chi connectivity index (χ1n) is 7.26. The summed E-state index contributed by atoms with van der Waals surface area (Å²) in [5, 5.41) is 3.12. The van der Waals surface area contributed by atoms with Crippen LogP contribution < -0.4 is 5.32 Å². The fraction of sp³-hybridized carbons (Fsp3) is 0.929. The van der Waals surface area contributed by atoms with Gasteiger partial charge in [-0.05, 0) is 32.1 Å². The lowest BCUT2D eigenvalue weighted by Crippen LogP contribution is -2.56. The number of amides is 2. The Bertz CT molecular complexity index is 320. The molecule has 2 aliphatic rings. The van der Waals surface area contributed by atoms with E-state index < -0.39 is 0 Å². The minimum atomic E-state index is -0.202. The summed E-state index contributed by atoms with van der Waals surface area (Å²) < 4.78 is 11.0. The quantitative estimate of drug-likeness (QED) is 0.826. The summed E-state index contributed by atoms with van der Waals surface area (Å²) in [6.45, 7) is 6.73. The predicted octanol–water partition coefficient (Wildman–Crippen LogP) is 1.62. The zero-order chi connectivity index (χ0) is 13.9.